The number of rotatable bonds is 2. The number of nitrogens with zero attached hydrogens (tertiary/aromatic N) is 5. The second kappa shape index (κ2) is 4.91. The number of ether oxygens (including phenoxy) is 1. The van der Waals surface area contributed by atoms with Crippen molar-refractivity contribution in [3.05, 3.63) is 41.8 Å². The van der Waals surface area contributed by atoms with Crippen LogP contribution in [0.1, 0.15) is 6.42 Å². The molecule has 7 heteroatoms. The van der Waals surface area contributed by atoms with Crippen molar-refractivity contribution in [2.75, 3.05) is 18.1 Å². The Morgan fingerprint density at radius 3 is 2.83 bits per heavy atom. The Morgan fingerprint density at radius 2 is 2.09 bits per heavy atom. The van der Waals surface area contributed by atoms with Gasteiger partial charge in [-0.15, -0.1) is 0 Å². The van der Waals surface area contributed by atoms with Crippen molar-refractivity contribution in [1.29, 1.82) is 0 Å². The second-order valence-corrected chi connectivity index (χ2v) is 6.36. The topological polar surface area (TPSA) is 55.6 Å². The van der Waals surface area contributed by atoms with Crippen LogP contribution in [0.25, 0.3) is 16.9 Å². The van der Waals surface area contributed by atoms with E-state index in [9.17, 15) is 0 Å². The zero-order chi connectivity index (χ0) is 15.4. The zero-order valence-corrected chi connectivity index (χ0v) is 13.0. The van der Waals surface area contributed by atoms with Gasteiger partial charge in [0.25, 0.3) is 0 Å². The van der Waals surface area contributed by atoms with Crippen LogP contribution in [0, 0.1) is 0 Å². The van der Waals surface area contributed by atoms with Crippen molar-refractivity contribution in [3.63, 3.8) is 0 Å². The van der Waals surface area contributed by atoms with Crippen LogP contribution in [-0.2, 0) is 4.74 Å². The number of hydrogen-bond donors (Lipinski definition) is 0. The van der Waals surface area contributed by atoms with Gasteiger partial charge in [-0.25, -0.2) is 4.98 Å². The summed E-state index contributed by atoms with van der Waals surface area (Å²) >= 11 is 6.24. The lowest BCUT2D eigenvalue weighted by atomic mass is 10.2. The summed E-state index contributed by atoms with van der Waals surface area (Å²) in [6, 6.07) is 8.12. The Kier molecular flexibility index (Phi) is 2.83. The molecule has 2 atom stereocenters. The quantitative estimate of drug-likeness (QED) is 0.677. The van der Waals surface area contributed by atoms with Crippen molar-refractivity contribution in [2.24, 2.45) is 0 Å². The summed E-state index contributed by atoms with van der Waals surface area (Å²) in [6.07, 6.45) is 4.91. The van der Waals surface area contributed by atoms with E-state index in [-0.39, 0.29) is 0 Å². The van der Waals surface area contributed by atoms with Gasteiger partial charge in [-0.3, -0.25) is 4.98 Å². The molecule has 2 aliphatic rings. The van der Waals surface area contributed by atoms with E-state index < -0.39 is 0 Å². The van der Waals surface area contributed by atoms with E-state index in [0.717, 1.165) is 42.3 Å². The van der Waals surface area contributed by atoms with Gasteiger partial charge in [0.15, 0.2) is 5.65 Å². The number of halogens is 1. The number of hydrogen-bond acceptors (Lipinski definition) is 5. The highest BCUT2D eigenvalue weighted by atomic mass is 35.5. The normalized spacial score (nSPS) is 23.1. The molecular weight excluding hydrogens is 314 g/mol. The molecule has 2 unspecified atom stereocenters. The summed E-state index contributed by atoms with van der Waals surface area (Å²) in [4.78, 5) is 10.8. The van der Waals surface area contributed by atoms with E-state index in [1.807, 2.05) is 28.8 Å². The summed E-state index contributed by atoms with van der Waals surface area (Å²) < 4.78 is 7.57. The third-order valence-electron chi connectivity index (χ3n) is 4.55. The molecule has 0 aromatic carbocycles. The maximum absolute atomic E-state index is 6.24. The van der Waals surface area contributed by atoms with Crippen LogP contribution in [0.5, 0.6) is 0 Å². The summed E-state index contributed by atoms with van der Waals surface area (Å²) in [5.74, 6) is 0.983. The number of morpholine rings is 1. The SMILES string of the molecule is Clc1cc(N2CC3CC2CO3)n2nc(-c3ccncc3)cc2n1. The van der Waals surface area contributed by atoms with Crippen LogP contribution in [0.4, 0.5) is 5.82 Å². The molecular formula is C16H14ClN5O. The smallest absolute Gasteiger partial charge is 0.159 e. The average Bonchev–Trinajstić information content (AvgIpc) is 3.29. The molecule has 23 heavy (non-hydrogen) atoms. The van der Waals surface area contributed by atoms with E-state index >= 15 is 0 Å². The summed E-state index contributed by atoms with van der Waals surface area (Å²) in [5, 5.41) is 5.22. The van der Waals surface area contributed by atoms with Crippen molar-refractivity contribution < 1.29 is 4.74 Å². The Morgan fingerprint density at radius 1 is 1.22 bits per heavy atom. The molecule has 5 rings (SSSR count). The van der Waals surface area contributed by atoms with E-state index in [2.05, 4.69) is 14.9 Å². The van der Waals surface area contributed by atoms with Gasteiger partial charge in [-0.2, -0.15) is 9.61 Å². The van der Waals surface area contributed by atoms with Gasteiger partial charge in [0, 0.05) is 36.6 Å². The molecule has 116 valence electrons. The lowest BCUT2D eigenvalue weighted by Crippen LogP contribution is -2.38. The van der Waals surface area contributed by atoms with Crippen molar-refractivity contribution in [2.45, 2.75) is 18.6 Å². The molecule has 0 N–H and O–H groups in total. The fourth-order valence-corrected chi connectivity index (χ4v) is 3.66. The van der Waals surface area contributed by atoms with Gasteiger partial charge in [0.1, 0.15) is 11.0 Å². The van der Waals surface area contributed by atoms with Gasteiger partial charge in [0.05, 0.1) is 24.4 Å². The van der Waals surface area contributed by atoms with E-state index in [1.165, 1.54) is 0 Å². The largest absolute Gasteiger partial charge is 0.374 e. The van der Waals surface area contributed by atoms with E-state index in [1.54, 1.807) is 12.4 Å². The highest BCUT2D eigenvalue weighted by Gasteiger charge is 2.40. The third-order valence-corrected chi connectivity index (χ3v) is 4.74. The minimum atomic E-state index is 0.317. The van der Waals surface area contributed by atoms with Gasteiger partial charge in [0.2, 0.25) is 0 Å². The zero-order valence-electron chi connectivity index (χ0n) is 12.3. The first-order valence-corrected chi connectivity index (χ1v) is 8.01. The fourth-order valence-electron chi connectivity index (χ4n) is 3.48. The standard InChI is InChI=1S/C16H14ClN5O/c17-14-7-16(21-8-12-5-11(21)9-23-12)22-15(19-14)6-13(20-22)10-1-3-18-4-2-10/h1-4,6-7,11-12H,5,8-9H2. The molecule has 0 spiro atoms. The van der Waals surface area contributed by atoms with E-state index in [0.29, 0.717) is 17.3 Å². The predicted octanol–water partition coefficient (Wildman–Crippen LogP) is 2.42. The molecule has 0 aliphatic carbocycles. The van der Waals surface area contributed by atoms with Crippen LogP contribution in [0.3, 0.4) is 0 Å². The minimum Gasteiger partial charge on any atom is -0.374 e. The van der Waals surface area contributed by atoms with Crippen molar-refractivity contribution in [1.82, 2.24) is 19.6 Å². The number of pyridine rings is 1. The molecule has 0 radical (unpaired) electrons. The van der Waals surface area contributed by atoms with Gasteiger partial charge < -0.3 is 9.64 Å². The van der Waals surface area contributed by atoms with Crippen LogP contribution in [0.2, 0.25) is 5.15 Å². The monoisotopic (exact) mass is 327 g/mol. The van der Waals surface area contributed by atoms with Gasteiger partial charge >= 0.3 is 0 Å². The molecule has 2 saturated heterocycles. The number of aromatic nitrogens is 4. The summed E-state index contributed by atoms with van der Waals surface area (Å²) in [5.41, 5.74) is 2.63. The van der Waals surface area contributed by atoms with Crippen molar-refractivity contribution in [3.8, 4) is 11.3 Å². The first-order valence-electron chi connectivity index (χ1n) is 7.63. The van der Waals surface area contributed by atoms with Gasteiger partial charge in [-0.1, -0.05) is 11.6 Å². The Balaban J connectivity index is 1.66. The third kappa shape index (κ3) is 2.09. The lowest BCUT2D eigenvalue weighted by Gasteiger charge is -2.28. The maximum Gasteiger partial charge on any atom is 0.159 e. The molecule has 2 aliphatic heterocycles. The summed E-state index contributed by atoms with van der Waals surface area (Å²) in [7, 11) is 0. The highest BCUT2D eigenvalue weighted by molar-refractivity contribution is 6.29. The van der Waals surface area contributed by atoms with Crippen LogP contribution >= 0.6 is 11.6 Å². The predicted molar refractivity (Wildman–Crippen MR) is 86.7 cm³/mol. The molecule has 0 saturated carbocycles. The fraction of sp³-hybridized carbons (Fsp3) is 0.312. The maximum atomic E-state index is 6.24. The number of anilines is 1. The molecule has 3 aromatic rings. The highest BCUT2D eigenvalue weighted by Crippen LogP contribution is 2.34. The average molecular weight is 328 g/mol. The molecule has 0 amide bonds. The van der Waals surface area contributed by atoms with E-state index in [4.69, 9.17) is 21.4 Å². The summed E-state index contributed by atoms with van der Waals surface area (Å²) in [6.45, 7) is 1.65. The molecule has 5 heterocycles. The Labute approximate surface area is 137 Å². The molecule has 3 aromatic heterocycles. The first kappa shape index (κ1) is 13.3. The molecule has 2 bridgehead atoms. The second-order valence-electron chi connectivity index (χ2n) is 5.97. The van der Waals surface area contributed by atoms with Crippen molar-refractivity contribution >= 4 is 23.1 Å². The van der Waals surface area contributed by atoms with Gasteiger partial charge in [-0.05, 0) is 18.6 Å². The minimum absolute atomic E-state index is 0.317. The lowest BCUT2D eigenvalue weighted by molar-refractivity contribution is 0.0987. The van der Waals surface area contributed by atoms with Crippen LogP contribution < -0.4 is 4.90 Å². The molecule has 6 nitrogen and oxygen atoms in total. The number of fused-ring (bicyclic) bond motifs is 3. The molecule has 2 fully saturated rings. The Hall–Kier alpha value is -2.18. The van der Waals surface area contributed by atoms with Crippen LogP contribution in [0.15, 0.2) is 36.7 Å². The van der Waals surface area contributed by atoms with Crippen LogP contribution in [-0.4, -0.2) is 44.9 Å². The Bertz CT molecular complexity index is 881. The first-order chi connectivity index (χ1) is 11.3.